The summed E-state index contributed by atoms with van der Waals surface area (Å²) in [5.41, 5.74) is -1.42. The highest BCUT2D eigenvalue weighted by Gasteiger charge is 2.17. The van der Waals surface area contributed by atoms with Crippen LogP contribution in [0.4, 0.5) is 0 Å². The van der Waals surface area contributed by atoms with Gasteiger partial charge < -0.3 is 15.4 Å². The molecule has 0 spiro atoms. The van der Waals surface area contributed by atoms with Crippen molar-refractivity contribution in [3.05, 3.63) is 27.1 Å². The van der Waals surface area contributed by atoms with Crippen molar-refractivity contribution in [2.75, 3.05) is 7.05 Å². The first-order chi connectivity index (χ1) is 6.99. The second-order valence-electron chi connectivity index (χ2n) is 2.65. The molecule has 1 aromatic heterocycles. The van der Waals surface area contributed by atoms with Gasteiger partial charge in [0.25, 0.3) is 5.91 Å². The van der Waals surface area contributed by atoms with E-state index in [0.29, 0.717) is 0 Å². The first-order valence-electron chi connectivity index (χ1n) is 3.90. The van der Waals surface area contributed by atoms with Crippen LogP contribution in [0.25, 0.3) is 0 Å². The van der Waals surface area contributed by atoms with E-state index in [1.807, 2.05) is 0 Å². The number of carbonyl (C=O) groups is 1. The molecule has 4 N–H and O–H groups in total. The minimum Gasteiger partial charge on any atom is -0.503 e. The number of carbonyl (C=O) groups excluding carboxylic acids is 1. The summed E-state index contributed by atoms with van der Waals surface area (Å²) in [4.78, 5) is 24.6. The maximum atomic E-state index is 11.2. The Hall–Kier alpha value is -1.82. The number of pyridine rings is 1. The molecule has 0 aromatic carbocycles. The quantitative estimate of drug-likeness (QED) is 0.530. The normalized spacial score (nSPS) is 9.73. The molecule has 0 aliphatic rings. The highest BCUT2D eigenvalue weighted by molar-refractivity contribution is 6.47. The third-order valence-corrected chi connectivity index (χ3v) is 2.07. The average Bonchev–Trinajstić information content (AvgIpc) is 2.24. The Labute approximate surface area is 89.4 Å². The van der Waals surface area contributed by atoms with Crippen molar-refractivity contribution in [2.24, 2.45) is 0 Å². The van der Waals surface area contributed by atoms with Crippen molar-refractivity contribution in [2.45, 2.75) is 0 Å². The number of rotatable bonds is 2. The van der Waals surface area contributed by atoms with Gasteiger partial charge in [-0.05, 0) is 0 Å². The third-order valence-electron chi connectivity index (χ3n) is 1.71. The van der Waals surface area contributed by atoms with Gasteiger partial charge in [-0.1, -0.05) is 11.6 Å². The fraction of sp³-hybridized carbons (Fsp3) is 0.125. The first kappa shape index (κ1) is 11.3. The lowest BCUT2D eigenvalue weighted by atomic mass is 10.2. The lowest BCUT2D eigenvalue weighted by Crippen LogP contribution is -2.29. The van der Waals surface area contributed by atoms with Crippen molar-refractivity contribution < 1.29 is 9.90 Å². The molecule has 0 saturated heterocycles. The molecule has 1 rings (SSSR count). The Morgan fingerprint density at radius 2 is 2.27 bits per heavy atom. The minimum atomic E-state index is -0.820. The SMILES string of the molecule is CNC(=O)C(=N)c1[nH]cc(O)c(=O)c1Cl. The Morgan fingerprint density at radius 3 is 2.80 bits per heavy atom. The molecule has 1 amide bonds. The van der Waals surface area contributed by atoms with Crippen molar-refractivity contribution in [1.29, 1.82) is 5.41 Å². The zero-order chi connectivity index (χ0) is 11.6. The summed E-state index contributed by atoms with van der Waals surface area (Å²) in [6.07, 6.45) is 0.973. The van der Waals surface area contributed by atoms with E-state index in [9.17, 15) is 9.59 Å². The third kappa shape index (κ3) is 1.99. The van der Waals surface area contributed by atoms with Crippen molar-refractivity contribution in [3.8, 4) is 5.75 Å². The molecule has 0 saturated carbocycles. The van der Waals surface area contributed by atoms with Crippen LogP contribution >= 0.6 is 11.6 Å². The maximum absolute atomic E-state index is 11.2. The molecule has 0 fully saturated rings. The van der Waals surface area contributed by atoms with E-state index in [-0.39, 0.29) is 10.7 Å². The first-order valence-corrected chi connectivity index (χ1v) is 4.28. The number of hydrogen-bond acceptors (Lipinski definition) is 4. The molecular weight excluding hydrogens is 222 g/mol. The maximum Gasteiger partial charge on any atom is 0.271 e. The summed E-state index contributed by atoms with van der Waals surface area (Å²) in [7, 11) is 1.35. The van der Waals surface area contributed by atoms with Crippen LogP contribution in [-0.2, 0) is 4.79 Å². The fourth-order valence-electron chi connectivity index (χ4n) is 0.916. The number of aromatic hydroxyl groups is 1. The monoisotopic (exact) mass is 229 g/mol. The Balaban J connectivity index is 3.29. The van der Waals surface area contributed by atoms with Crippen LogP contribution in [0, 0.1) is 5.41 Å². The number of nitrogens with one attached hydrogen (secondary N) is 3. The molecule has 0 aliphatic carbocycles. The number of halogens is 1. The van der Waals surface area contributed by atoms with E-state index in [1.54, 1.807) is 0 Å². The second kappa shape index (κ2) is 4.14. The number of aromatic nitrogens is 1. The predicted octanol–water partition coefficient (Wildman–Crippen LogP) is -0.152. The Morgan fingerprint density at radius 1 is 1.67 bits per heavy atom. The van der Waals surface area contributed by atoms with Crippen molar-refractivity contribution in [1.82, 2.24) is 10.3 Å². The molecule has 0 aliphatic heterocycles. The smallest absolute Gasteiger partial charge is 0.271 e. The predicted molar refractivity (Wildman–Crippen MR) is 54.6 cm³/mol. The Kier molecular flexibility index (Phi) is 3.11. The molecule has 0 unspecified atom stereocenters. The molecule has 7 heteroatoms. The van der Waals surface area contributed by atoms with Crippen LogP contribution in [-0.4, -0.2) is 28.8 Å². The van der Waals surface area contributed by atoms with E-state index in [1.165, 1.54) is 7.05 Å². The molecule has 1 aromatic rings. The fourth-order valence-corrected chi connectivity index (χ4v) is 1.16. The number of likely N-dealkylation sites (N-methyl/N-ethyl adjacent to an activating group) is 1. The molecule has 80 valence electrons. The second-order valence-corrected chi connectivity index (χ2v) is 3.02. The van der Waals surface area contributed by atoms with Gasteiger partial charge in [-0.15, -0.1) is 0 Å². The number of hydrogen-bond donors (Lipinski definition) is 4. The van der Waals surface area contributed by atoms with E-state index in [4.69, 9.17) is 22.1 Å². The molecule has 1 heterocycles. The molecule has 0 bridgehead atoms. The van der Waals surface area contributed by atoms with Crippen molar-refractivity contribution >= 4 is 23.2 Å². The molecule has 6 nitrogen and oxygen atoms in total. The number of aromatic amines is 1. The van der Waals surface area contributed by atoms with E-state index in [2.05, 4.69) is 10.3 Å². The summed E-state index contributed by atoms with van der Waals surface area (Å²) in [5.74, 6) is -1.24. The van der Waals surface area contributed by atoms with Crippen LogP contribution in [0.2, 0.25) is 5.02 Å². The lowest BCUT2D eigenvalue weighted by molar-refractivity contribution is -0.114. The summed E-state index contributed by atoms with van der Waals surface area (Å²) < 4.78 is 0. The van der Waals surface area contributed by atoms with E-state index in [0.717, 1.165) is 6.20 Å². The zero-order valence-corrected chi connectivity index (χ0v) is 8.47. The summed E-state index contributed by atoms with van der Waals surface area (Å²) in [5, 5.41) is 18.2. The largest absolute Gasteiger partial charge is 0.503 e. The molecule has 0 atom stereocenters. The topological polar surface area (TPSA) is 106 Å². The van der Waals surface area contributed by atoms with Gasteiger partial charge in [-0.2, -0.15) is 0 Å². The summed E-state index contributed by atoms with van der Waals surface area (Å²) in [6.45, 7) is 0. The Bertz CT molecular complexity index is 481. The minimum absolute atomic E-state index is 0.126. The van der Waals surface area contributed by atoms with Crippen LogP contribution in [0.3, 0.4) is 0 Å². The van der Waals surface area contributed by atoms with Crippen molar-refractivity contribution in [3.63, 3.8) is 0 Å². The highest BCUT2D eigenvalue weighted by Crippen LogP contribution is 2.12. The highest BCUT2D eigenvalue weighted by atomic mass is 35.5. The molecule has 0 radical (unpaired) electrons. The van der Waals surface area contributed by atoms with Gasteiger partial charge >= 0.3 is 0 Å². The zero-order valence-electron chi connectivity index (χ0n) is 7.72. The van der Waals surface area contributed by atoms with E-state index >= 15 is 0 Å². The van der Waals surface area contributed by atoms with Crippen LogP contribution < -0.4 is 10.7 Å². The van der Waals surface area contributed by atoms with Gasteiger partial charge in [0, 0.05) is 13.2 Å². The van der Waals surface area contributed by atoms with Crippen LogP contribution in [0.15, 0.2) is 11.0 Å². The van der Waals surface area contributed by atoms with Gasteiger partial charge in [-0.25, -0.2) is 0 Å². The standard InChI is InChI=1S/C8H8ClN3O3/c1-11-8(15)5(10)6-4(9)7(14)3(13)2-12-6/h2,10,13H,1H3,(H,11,15)(H,12,14). The summed E-state index contributed by atoms with van der Waals surface area (Å²) >= 11 is 5.57. The molecule has 15 heavy (non-hydrogen) atoms. The number of H-pyrrole nitrogens is 1. The van der Waals surface area contributed by atoms with Gasteiger partial charge in [0.05, 0.1) is 5.69 Å². The van der Waals surface area contributed by atoms with Gasteiger partial charge in [-0.3, -0.25) is 15.0 Å². The average molecular weight is 230 g/mol. The molecular formula is C8H8ClN3O3. The number of amides is 1. The summed E-state index contributed by atoms with van der Waals surface area (Å²) in [6, 6.07) is 0. The lowest BCUT2D eigenvalue weighted by Gasteiger charge is -2.04. The van der Waals surface area contributed by atoms with Crippen LogP contribution in [0.1, 0.15) is 5.69 Å². The van der Waals surface area contributed by atoms with Gasteiger partial charge in [0.2, 0.25) is 5.43 Å². The van der Waals surface area contributed by atoms with Gasteiger partial charge in [0.1, 0.15) is 10.7 Å². The van der Waals surface area contributed by atoms with Crippen LogP contribution in [0.5, 0.6) is 5.75 Å². The van der Waals surface area contributed by atoms with Gasteiger partial charge in [0.15, 0.2) is 5.75 Å². The van der Waals surface area contributed by atoms with E-state index < -0.39 is 22.8 Å².